The van der Waals surface area contributed by atoms with Gasteiger partial charge in [0.25, 0.3) is 11.6 Å². The maximum absolute atomic E-state index is 13.1. The zero-order chi connectivity index (χ0) is 20.6. The van der Waals surface area contributed by atoms with Crippen LogP contribution in [0.4, 0.5) is 5.69 Å². The number of rotatable bonds is 7. The zero-order valence-electron chi connectivity index (χ0n) is 16.4. The largest absolute Gasteiger partial charge is 0.336 e. The summed E-state index contributed by atoms with van der Waals surface area (Å²) in [5, 5.41) is 7.63. The van der Waals surface area contributed by atoms with Crippen molar-refractivity contribution in [3.05, 3.63) is 47.3 Å². The van der Waals surface area contributed by atoms with Crippen LogP contribution in [0.1, 0.15) is 60.8 Å². The third-order valence-corrected chi connectivity index (χ3v) is 6.87. The van der Waals surface area contributed by atoms with Crippen LogP contribution in [0.3, 0.4) is 0 Å². The van der Waals surface area contributed by atoms with Gasteiger partial charge in [0.2, 0.25) is 0 Å². The molecule has 0 saturated heterocycles. The van der Waals surface area contributed by atoms with E-state index in [2.05, 4.69) is 15.5 Å². The lowest BCUT2D eigenvalue weighted by atomic mass is 10.0. The Balaban J connectivity index is 1.68. The van der Waals surface area contributed by atoms with Gasteiger partial charge in [-0.2, -0.15) is 0 Å². The van der Waals surface area contributed by atoms with Crippen molar-refractivity contribution in [2.75, 3.05) is 11.1 Å². The first-order valence-electron chi connectivity index (χ1n) is 9.86. The standard InChI is InChI=1S/C21H23N3O4S/c1-3-5-17-19-16(12-18(13-6-7-13)23-21(19)28-24-17)20(25)22-14-8-10-15(11-9-14)29(26,27)4-2/h8-13H,3-7H2,1-2H3,(H,22,25). The van der Waals surface area contributed by atoms with Gasteiger partial charge in [0, 0.05) is 17.3 Å². The molecule has 1 N–H and O–H groups in total. The first-order valence-corrected chi connectivity index (χ1v) is 11.5. The van der Waals surface area contributed by atoms with Crippen LogP contribution in [0, 0.1) is 0 Å². The van der Waals surface area contributed by atoms with Gasteiger partial charge in [-0.05, 0) is 49.6 Å². The summed E-state index contributed by atoms with van der Waals surface area (Å²) >= 11 is 0. The minimum atomic E-state index is -3.28. The second-order valence-electron chi connectivity index (χ2n) is 7.31. The zero-order valence-corrected chi connectivity index (χ0v) is 17.3. The summed E-state index contributed by atoms with van der Waals surface area (Å²) < 4.78 is 29.4. The summed E-state index contributed by atoms with van der Waals surface area (Å²) in [6.45, 7) is 3.64. The average molecular weight is 413 g/mol. The van der Waals surface area contributed by atoms with Gasteiger partial charge in [0.05, 0.1) is 27.3 Å². The molecule has 29 heavy (non-hydrogen) atoms. The van der Waals surface area contributed by atoms with Gasteiger partial charge in [0.1, 0.15) is 0 Å². The Kier molecular flexibility index (Phi) is 5.12. The summed E-state index contributed by atoms with van der Waals surface area (Å²) in [6.07, 6.45) is 3.69. The van der Waals surface area contributed by atoms with Crippen LogP contribution in [0.15, 0.2) is 39.8 Å². The number of nitrogens with zero attached hydrogens (tertiary/aromatic N) is 2. The molecule has 1 aliphatic rings. The predicted octanol–water partition coefficient (Wildman–Crippen LogP) is 4.10. The maximum Gasteiger partial charge on any atom is 0.259 e. The minimum absolute atomic E-state index is 0.0331. The molecule has 152 valence electrons. The molecule has 1 fully saturated rings. The van der Waals surface area contributed by atoms with Crippen LogP contribution in [-0.4, -0.2) is 30.2 Å². The lowest BCUT2D eigenvalue weighted by Gasteiger charge is -2.09. The van der Waals surface area contributed by atoms with Crippen molar-refractivity contribution >= 4 is 32.5 Å². The summed E-state index contributed by atoms with van der Waals surface area (Å²) in [4.78, 5) is 17.9. The van der Waals surface area contributed by atoms with E-state index >= 15 is 0 Å². The Hall–Kier alpha value is -2.74. The molecule has 0 aliphatic heterocycles. The molecule has 1 amide bonds. The molecule has 8 heteroatoms. The number of hydrogen-bond donors (Lipinski definition) is 1. The summed E-state index contributed by atoms with van der Waals surface area (Å²) in [5.41, 5.74) is 2.99. The molecule has 1 saturated carbocycles. The monoisotopic (exact) mass is 413 g/mol. The Bertz CT molecular complexity index is 1160. The van der Waals surface area contributed by atoms with Gasteiger partial charge in [-0.25, -0.2) is 13.4 Å². The molecule has 0 spiro atoms. The third kappa shape index (κ3) is 3.89. The maximum atomic E-state index is 13.1. The van der Waals surface area contributed by atoms with Gasteiger partial charge < -0.3 is 9.84 Å². The van der Waals surface area contributed by atoms with Crippen LogP contribution < -0.4 is 5.32 Å². The molecule has 0 radical (unpaired) electrons. The number of anilines is 1. The Morgan fingerprint density at radius 3 is 2.55 bits per heavy atom. The van der Waals surface area contributed by atoms with Crippen LogP contribution in [0.2, 0.25) is 0 Å². The van der Waals surface area contributed by atoms with Crippen molar-refractivity contribution in [3.8, 4) is 0 Å². The number of hydrogen-bond acceptors (Lipinski definition) is 6. The van der Waals surface area contributed by atoms with Crippen LogP contribution in [0.25, 0.3) is 11.1 Å². The highest BCUT2D eigenvalue weighted by Gasteiger charge is 2.29. The summed E-state index contributed by atoms with van der Waals surface area (Å²) in [6, 6.07) is 8.05. The van der Waals surface area contributed by atoms with E-state index in [9.17, 15) is 13.2 Å². The fourth-order valence-electron chi connectivity index (χ4n) is 3.32. The molecule has 7 nitrogen and oxygen atoms in total. The van der Waals surface area contributed by atoms with Crippen LogP contribution >= 0.6 is 0 Å². The van der Waals surface area contributed by atoms with Gasteiger partial charge in [-0.1, -0.05) is 25.4 Å². The molecule has 0 unspecified atom stereocenters. The van der Waals surface area contributed by atoms with Gasteiger partial charge >= 0.3 is 0 Å². The first kappa shape index (κ1) is 19.6. The van der Waals surface area contributed by atoms with Crippen LogP contribution in [0.5, 0.6) is 0 Å². The molecule has 2 aromatic heterocycles. The number of benzene rings is 1. The van der Waals surface area contributed by atoms with E-state index < -0.39 is 9.84 Å². The highest BCUT2D eigenvalue weighted by Crippen LogP contribution is 2.40. The molecule has 1 aliphatic carbocycles. The summed E-state index contributed by atoms with van der Waals surface area (Å²) in [7, 11) is -3.28. The summed E-state index contributed by atoms with van der Waals surface area (Å²) in [5.74, 6) is 0.112. The van der Waals surface area contributed by atoms with Gasteiger partial charge in [0.15, 0.2) is 9.84 Å². The lowest BCUT2D eigenvalue weighted by molar-refractivity contribution is 0.102. The van der Waals surface area contributed by atoms with Crippen molar-refractivity contribution in [2.45, 2.75) is 50.3 Å². The van der Waals surface area contributed by atoms with E-state index in [0.717, 1.165) is 30.7 Å². The average Bonchev–Trinajstić information content (AvgIpc) is 3.50. The number of fused-ring (bicyclic) bond motifs is 1. The normalized spacial score (nSPS) is 14.3. The number of carbonyl (C=O) groups is 1. The van der Waals surface area contributed by atoms with Gasteiger partial charge in [-0.3, -0.25) is 4.79 Å². The molecular formula is C21H23N3O4S. The quantitative estimate of drug-likeness (QED) is 0.626. The number of pyridine rings is 1. The van der Waals surface area contributed by atoms with Crippen molar-refractivity contribution < 1.29 is 17.7 Å². The topological polar surface area (TPSA) is 102 Å². The van der Waals surface area contributed by atoms with Crippen molar-refractivity contribution in [3.63, 3.8) is 0 Å². The fourth-order valence-corrected chi connectivity index (χ4v) is 4.20. The highest BCUT2D eigenvalue weighted by atomic mass is 32.2. The molecular weight excluding hydrogens is 390 g/mol. The number of aromatic nitrogens is 2. The molecule has 1 aromatic carbocycles. The van der Waals surface area contributed by atoms with Crippen molar-refractivity contribution in [1.82, 2.24) is 10.1 Å². The van der Waals surface area contributed by atoms with E-state index in [4.69, 9.17) is 4.52 Å². The van der Waals surface area contributed by atoms with Crippen molar-refractivity contribution in [2.24, 2.45) is 0 Å². The number of amides is 1. The molecule has 3 aromatic rings. The van der Waals surface area contributed by atoms with E-state index in [1.807, 2.05) is 13.0 Å². The van der Waals surface area contributed by atoms with Crippen molar-refractivity contribution in [1.29, 1.82) is 0 Å². The number of aryl methyl sites for hydroxylation is 1. The lowest BCUT2D eigenvalue weighted by Crippen LogP contribution is -2.14. The van der Waals surface area contributed by atoms with E-state index in [-0.39, 0.29) is 16.6 Å². The first-order chi connectivity index (χ1) is 13.9. The van der Waals surface area contributed by atoms with Gasteiger partial charge in [-0.15, -0.1) is 0 Å². The highest BCUT2D eigenvalue weighted by molar-refractivity contribution is 7.91. The molecule has 4 rings (SSSR count). The molecule has 0 bridgehead atoms. The molecule has 0 atom stereocenters. The molecule has 2 heterocycles. The van der Waals surface area contributed by atoms with E-state index in [1.165, 1.54) is 12.1 Å². The van der Waals surface area contributed by atoms with Crippen LogP contribution in [-0.2, 0) is 16.3 Å². The Morgan fingerprint density at radius 2 is 1.93 bits per heavy atom. The fraction of sp³-hybridized carbons (Fsp3) is 0.381. The Labute approximate surface area is 169 Å². The smallest absolute Gasteiger partial charge is 0.259 e. The number of sulfone groups is 1. The van der Waals surface area contributed by atoms with E-state index in [1.54, 1.807) is 19.1 Å². The third-order valence-electron chi connectivity index (χ3n) is 5.12. The number of carbonyl (C=O) groups excluding carboxylic acids is 1. The SMILES string of the molecule is CCCc1noc2nc(C3CC3)cc(C(=O)Nc3ccc(S(=O)(=O)CC)cc3)c12. The second-order valence-corrected chi connectivity index (χ2v) is 9.59. The minimum Gasteiger partial charge on any atom is -0.336 e. The van der Waals surface area contributed by atoms with E-state index in [0.29, 0.717) is 34.7 Å². The predicted molar refractivity (Wildman–Crippen MR) is 110 cm³/mol. The number of nitrogens with one attached hydrogen (secondary N) is 1. The second kappa shape index (κ2) is 7.59. The Morgan fingerprint density at radius 1 is 1.21 bits per heavy atom.